The SMILES string of the molecule is CN(C(=O)O)C(=O)COc1ccccc1-c1ccccc1. The Bertz CT molecular complexity index is 640. The number of likely N-dealkylation sites (N-methyl/N-ethyl adjacent to an activating group) is 1. The molecule has 0 bridgehead atoms. The van der Waals surface area contributed by atoms with Crippen LogP contribution in [0, 0.1) is 0 Å². The first-order valence-electron chi connectivity index (χ1n) is 6.36. The molecule has 0 aliphatic heterocycles. The highest BCUT2D eigenvalue weighted by molar-refractivity contribution is 5.91. The molecule has 2 amide bonds. The lowest BCUT2D eigenvalue weighted by molar-refractivity contribution is -0.130. The van der Waals surface area contributed by atoms with E-state index >= 15 is 0 Å². The standard InChI is InChI=1S/C16H15NO4/c1-17(16(19)20)15(18)11-21-14-10-6-5-9-13(14)12-7-3-2-4-8-12/h2-10H,11H2,1H3,(H,19,20). The summed E-state index contributed by atoms with van der Waals surface area (Å²) in [5.41, 5.74) is 1.82. The third kappa shape index (κ3) is 3.60. The highest BCUT2D eigenvalue weighted by Gasteiger charge is 2.16. The fraction of sp³-hybridized carbons (Fsp3) is 0.125. The summed E-state index contributed by atoms with van der Waals surface area (Å²) in [5.74, 6) is -0.0822. The van der Waals surface area contributed by atoms with Crippen LogP contribution >= 0.6 is 0 Å². The number of rotatable bonds is 4. The van der Waals surface area contributed by atoms with Gasteiger partial charge in [0.1, 0.15) is 5.75 Å². The first kappa shape index (κ1) is 14.6. The van der Waals surface area contributed by atoms with Gasteiger partial charge in [0.25, 0.3) is 5.91 Å². The van der Waals surface area contributed by atoms with E-state index in [-0.39, 0.29) is 6.61 Å². The van der Waals surface area contributed by atoms with Crippen molar-refractivity contribution in [1.29, 1.82) is 0 Å². The van der Waals surface area contributed by atoms with Gasteiger partial charge in [-0.1, -0.05) is 48.5 Å². The smallest absolute Gasteiger partial charge is 0.413 e. The summed E-state index contributed by atoms with van der Waals surface area (Å²) in [6.45, 7) is -0.327. The summed E-state index contributed by atoms with van der Waals surface area (Å²) in [7, 11) is 1.19. The Morgan fingerprint density at radius 2 is 1.67 bits per heavy atom. The summed E-state index contributed by atoms with van der Waals surface area (Å²) in [4.78, 5) is 22.9. The number of carbonyl (C=O) groups excluding carboxylic acids is 1. The molecule has 2 rings (SSSR count). The molecule has 0 atom stereocenters. The van der Waals surface area contributed by atoms with Gasteiger partial charge in [-0.25, -0.2) is 9.69 Å². The highest BCUT2D eigenvalue weighted by atomic mass is 16.5. The second-order valence-corrected chi connectivity index (χ2v) is 4.39. The number of imide groups is 1. The fourth-order valence-electron chi connectivity index (χ4n) is 1.79. The van der Waals surface area contributed by atoms with Gasteiger partial charge in [-0.2, -0.15) is 0 Å². The van der Waals surface area contributed by atoms with Crippen molar-refractivity contribution in [3.8, 4) is 16.9 Å². The van der Waals surface area contributed by atoms with Crippen molar-refractivity contribution in [2.45, 2.75) is 0 Å². The fourth-order valence-corrected chi connectivity index (χ4v) is 1.79. The third-order valence-electron chi connectivity index (χ3n) is 2.98. The van der Waals surface area contributed by atoms with E-state index in [0.717, 1.165) is 11.1 Å². The summed E-state index contributed by atoms with van der Waals surface area (Å²) < 4.78 is 5.47. The molecule has 0 aliphatic rings. The van der Waals surface area contributed by atoms with Crippen molar-refractivity contribution >= 4 is 12.0 Å². The van der Waals surface area contributed by atoms with Crippen LogP contribution in [0.4, 0.5) is 4.79 Å². The summed E-state index contributed by atoms with van der Waals surface area (Å²) >= 11 is 0. The zero-order chi connectivity index (χ0) is 15.2. The molecule has 2 aromatic rings. The predicted octanol–water partition coefficient (Wildman–Crippen LogP) is 2.87. The molecule has 5 nitrogen and oxygen atoms in total. The van der Waals surface area contributed by atoms with Gasteiger partial charge >= 0.3 is 6.09 Å². The number of benzene rings is 2. The minimum Gasteiger partial charge on any atom is -0.483 e. The average Bonchev–Trinajstić information content (AvgIpc) is 2.52. The molecular formula is C16H15NO4. The van der Waals surface area contributed by atoms with Gasteiger partial charge in [-0.15, -0.1) is 0 Å². The van der Waals surface area contributed by atoms with Crippen LogP contribution < -0.4 is 4.74 Å². The molecule has 2 aromatic carbocycles. The second-order valence-electron chi connectivity index (χ2n) is 4.39. The molecule has 0 saturated carbocycles. The van der Waals surface area contributed by atoms with E-state index < -0.39 is 12.0 Å². The Morgan fingerprint density at radius 3 is 2.33 bits per heavy atom. The monoisotopic (exact) mass is 285 g/mol. The molecule has 0 aliphatic carbocycles. The van der Waals surface area contributed by atoms with E-state index in [2.05, 4.69) is 0 Å². The quantitative estimate of drug-likeness (QED) is 0.938. The minimum absolute atomic E-state index is 0.327. The Hall–Kier alpha value is -2.82. The van der Waals surface area contributed by atoms with Crippen molar-refractivity contribution in [2.75, 3.05) is 13.7 Å². The summed E-state index contributed by atoms with van der Waals surface area (Å²) in [6.07, 6.45) is -1.31. The van der Waals surface area contributed by atoms with Gasteiger partial charge in [0.2, 0.25) is 0 Å². The van der Waals surface area contributed by atoms with Crippen LogP contribution in [0.1, 0.15) is 0 Å². The van der Waals surface area contributed by atoms with Crippen molar-refractivity contribution < 1.29 is 19.4 Å². The molecule has 0 unspecified atom stereocenters. The predicted molar refractivity (Wildman–Crippen MR) is 78.2 cm³/mol. The lowest BCUT2D eigenvalue weighted by atomic mass is 10.1. The zero-order valence-electron chi connectivity index (χ0n) is 11.5. The molecule has 1 N–H and O–H groups in total. The van der Waals surface area contributed by atoms with E-state index in [0.29, 0.717) is 10.6 Å². The van der Waals surface area contributed by atoms with Gasteiger partial charge in [-0.05, 0) is 11.6 Å². The number of ether oxygens (including phenoxy) is 1. The molecule has 108 valence electrons. The average molecular weight is 285 g/mol. The molecule has 0 spiro atoms. The molecule has 21 heavy (non-hydrogen) atoms. The molecule has 0 radical (unpaired) electrons. The lowest BCUT2D eigenvalue weighted by Gasteiger charge is -2.14. The van der Waals surface area contributed by atoms with Crippen LogP contribution in [0.2, 0.25) is 0 Å². The lowest BCUT2D eigenvalue weighted by Crippen LogP contribution is -2.35. The summed E-state index contributed by atoms with van der Waals surface area (Å²) in [6, 6.07) is 16.9. The van der Waals surface area contributed by atoms with Crippen LogP contribution in [0.3, 0.4) is 0 Å². The van der Waals surface area contributed by atoms with Crippen molar-refractivity contribution in [3.63, 3.8) is 0 Å². The van der Waals surface area contributed by atoms with Crippen LogP contribution in [0.5, 0.6) is 5.75 Å². The van der Waals surface area contributed by atoms with Gasteiger partial charge in [0.15, 0.2) is 6.61 Å². The Kier molecular flexibility index (Phi) is 4.56. The maximum absolute atomic E-state index is 11.6. The number of nitrogens with zero attached hydrogens (tertiary/aromatic N) is 1. The van der Waals surface area contributed by atoms with E-state index in [9.17, 15) is 9.59 Å². The van der Waals surface area contributed by atoms with Gasteiger partial charge in [-0.3, -0.25) is 4.79 Å². The van der Waals surface area contributed by atoms with Gasteiger partial charge in [0.05, 0.1) is 0 Å². The largest absolute Gasteiger partial charge is 0.483 e. The molecule has 0 aromatic heterocycles. The normalized spacial score (nSPS) is 9.95. The topological polar surface area (TPSA) is 66.8 Å². The van der Waals surface area contributed by atoms with Gasteiger partial charge < -0.3 is 9.84 Å². The highest BCUT2D eigenvalue weighted by Crippen LogP contribution is 2.29. The Morgan fingerprint density at radius 1 is 1.05 bits per heavy atom. The maximum Gasteiger partial charge on any atom is 0.413 e. The Labute approximate surface area is 122 Å². The second kappa shape index (κ2) is 6.56. The zero-order valence-corrected chi connectivity index (χ0v) is 11.5. The van der Waals surface area contributed by atoms with Crippen molar-refractivity contribution in [3.05, 3.63) is 54.6 Å². The van der Waals surface area contributed by atoms with Crippen molar-refractivity contribution in [2.24, 2.45) is 0 Å². The maximum atomic E-state index is 11.6. The number of hydrogen-bond acceptors (Lipinski definition) is 3. The third-order valence-corrected chi connectivity index (χ3v) is 2.98. The molecule has 0 heterocycles. The van der Waals surface area contributed by atoms with Gasteiger partial charge in [0, 0.05) is 12.6 Å². The number of hydrogen-bond donors (Lipinski definition) is 1. The van der Waals surface area contributed by atoms with Crippen molar-refractivity contribution in [1.82, 2.24) is 4.90 Å². The van der Waals surface area contributed by atoms with Crippen LogP contribution in [0.15, 0.2) is 54.6 Å². The van der Waals surface area contributed by atoms with E-state index in [4.69, 9.17) is 9.84 Å². The van der Waals surface area contributed by atoms with Crippen LogP contribution in [0.25, 0.3) is 11.1 Å². The summed E-state index contributed by atoms with van der Waals surface area (Å²) in [5, 5.41) is 8.73. The first-order valence-corrected chi connectivity index (χ1v) is 6.36. The molecule has 0 fully saturated rings. The molecule has 0 saturated heterocycles. The van der Waals surface area contributed by atoms with E-state index in [1.165, 1.54) is 7.05 Å². The number of carbonyl (C=O) groups is 2. The number of amides is 2. The number of para-hydroxylation sites is 1. The first-order chi connectivity index (χ1) is 10.1. The Balaban J connectivity index is 2.15. The minimum atomic E-state index is -1.31. The van der Waals surface area contributed by atoms with Crippen LogP contribution in [-0.4, -0.2) is 35.7 Å². The van der Waals surface area contributed by atoms with E-state index in [1.54, 1.807) is 12.1 Å². The number of carboxylic acid groups (broad SMARTS) is 1. The molecular weight excluding hydrogens is 270 g/mol. The van der Waals surface area contributed by atoms with Crippen LogP contribution in [-0.2, 0) is 4.79 Å². The van der Waals surface area contributed by atoms with E-state index in [1.807, 2.05) is 42.5 Å². The molecule has 5 heteroatoms.